The lowest BCUT2D eigenvalue weighted by molar-refractivity contribution is -0.150. The summed E-state index contributed by atoms with van der Waals surface area (Å²) in [7, 11) is 0. The number of nitrogens with zero attached hydrogens (tertiary/aromatic N) is 1. The van der Waals surface area contributed by atoms with E-state index in [0.717, 1.165) is 10.0 Å². The highest BCUT2D eigenvalue weighted by molar-refractivity contribution is 9.10. The molecule has 1 aliphatic rings. The van der Waals surface area contributed by atoms with Crippen LogP contribution in [0.1, 0.15) is 12.5 Å². The highest BCUT2D eigenvalue weighted by atomic mass is 79.9. The Morgan fingerprint density at radius 1 is 1.53 bits per heavy atom. The van der Waals surface area contributed by atoms with E-state index in [0.29, 0.717) is 19.1 Å². The van der Waals surface area contributed by atoms with E-state index >= 15 is 0 Å². The largest absolute Gasteiger partial charge is 0.475 e. The standard InChI is InChI=1S/C11H14BrNO4/c1-11(16-4-5-17-11)8-6-10(15-3-2-14)13-7-9(8)12/h6-7,14H,2-5H2,1H3. The lowest BCUT2D eigenvalue weighted by atomic mass is 10.1. The molecule has 0 amide bonds. The lowest BCUT2D eigenvalue weighted by Crippen LogP contribution is -2.23. The summed E-state index contributed by atoms with van der Waals surface area (Å²) in [5.41, 5.74) is 0.831. The Kier molecular flexibility index (Phi) is 3.98. The number of ether oxygens (including phenoxy) is 3. The van der Waals surface area contributed by atoms with Crippen LogP contribution in [0.4, 0.5) is 0 Å². The van der Waals surface area contributed by atoms with E-state index in [-0.39, 0.29) is 13.2 Å². The molecule has 0 aliphatic carbocycles. The van der Waals surface area contributed by atoms with Crippen LogP contribution in [0.25, 0.3) is 0 Å². The molecule has 5 nitrogen and oxygen atoms in total. The molecule has 1 aliphatic heterocycles. The van der Waals surface area contributed by atoms with Crippen molar-refractivity contribution in [3.8, 4) is 5.88 Å². The molecule has 1 aromatic rings. The van der Waals surface area contributed by atoms with Crippen molar-refractivity contribution < 1.29 is 19.3 Å². The Hall–Kier alpha value is -0.690. The minimum Gasteiger partial charge on any atom is -0.475 e. The molecular weight excluding hydrogens is 290 g/mol. The van der Waals surface area contributed by atoms with Gasteiger partial charge in [0, 0.05) is 22.3 Å². The van der Waals surface area contributed by atoms with Gasteiger partial charge in [-0.25, -0.2) is 4.98 Å². The quantitative estimate of drug-likeness (QED) is 0.912. The second kappa shape index (κ2) is 5.30. The number of aliphatic hydroxyl groups is 1. The summed E-state index contributed by atoms with van der Waals surface area (Å²) in [4.78, 5) is 4.09. The van der Waals surface area contributed by atoms with Gasteiger partial charge in [0.05, 0.1) is 19.8 Å². The van der Waals surface area contributed by atoms with E-state index in [2.05, 4.69) is 20.9 Å². The molecule has 0 radical (unpaired) electrons. The van der Waals surface area contributed by atoms with Gasteiger partial charge in [-0.3, -0.25) is 0 Å². The molecule has 0 spiro atoms. The van der Waals surface area contributed by atoms with Crippen LogP contribution in [0.5, 0.6) is 5.88 Å². The Bertz CT molecular complexity index is 393. The molecule has 0 bridgehead atoms. The zero-order chi connectivity index (χ0) is 12.3. The van der Waals surface area contributed by atoms with Crippen molar-refractivity contribution >= 4 is 15.9 Å². The van der Waals surface area contributed by atoms with Crippen LogP contribution in [0.3, 0.4) is 0 Å². The first-order chi connectivity index (χ1) is 8.15. The summed E-state index contributed by atoms with van der Waals surface area (Å²) in [5.74, 6) is -0.323. The number of aliphatic hydroxyl groups excluding tert-OH is 1. The molecule has 17 heavy (non-hydrogen) atoms. The molecule has 0 atom stereocenters. The summed E-state index contributed by atoms with van der Waals surface area (Å²) in [6.07, 6.45) is 1.64. The average Bonchev–Trinajstić information content (AvgIpc) is 2.76. The highest BCUT2D eigenvalue weighted by Crippen LogP contribution is 2.36. The summed E-state index contributed by atoms with van der Waals surface area (Å²) in [6.45, 7) is 3.16. The minimum atomic E-state index is -0.765. The Morgan fingerprint density at radius 3 is 2.88 bits per heavy atom. The Labute approximate surface area is 108 Å². The summed E-state index contributed by atoms with van der Waals surface area (Å²) in [5, 5.41) is 8.70. The third-order valence-corrected chi connectivity index (χ3v) is 3.13. The second-order valence-corrected chi connectivity index (χ2v) is 4.57. The number of hydrogen-bond donors (Lipinski definition) is 1. The van der Waals surface area contributed by atoms with Crippen molar-refractivity contribution in [2.75, 3.05) is 26.4 Å². The van der Waals surface area contributed by atoms with Crippen molar-refractivity contribution in [3.63, 3.8) is 0 Å². The number of rotatable bonds is 4. The first kappa shape index (κ1) is 12.8. The molecule has 1 saturated heterocycles. The van der Waals surface area contributed by atoms with E-state index in [4.69, 9.17) is 19.3 Å². The maximum atomic E-state index is 8.70. The zero-order valence-electron chi connectivity index (χ0n) is 9.48. The van der Waals surface area contributed by atoms with Crippen molar-refractivity contribution in [2.24, 2.45) is 0 Å². The molecule has 94 valence electrons. The molecule has 0 unspecified atom stereocenters. The third kappa shape index (κ3) is 2.77. The van der Waals surface area contributed by atoms with Crippen molar-refractivity contribution in [1.82, 2.24) is 4.98 Å². The Balaban J connectivity index is 2.25. The second-order valence-electron chi connectivity index (χ2n) is 3.72. The van der Waals surface area contributed by atoms with Crippen LogP contribution < -0.4 is 4.74 Å². The lowest BCUT2D eigenvalue weighted by Gasteiger charge is -2.24. The average molecular weight is 304 g/mol. The molecule has 1 aromatic heterocycles. The zero-order valence-corrected chi connectivity index (χ0v) is 11.1. The first-order valence-electron chi connectivity index (χ1n) is 5.33. The van der Waals surface area contributed by atoms with Crippen LogP contribution >= 0.6 is 15.9 Å². The summed E-state index contributed by atoms with van der Waals surface area (Å²) in [6, 6.07) is 1.76. The van der Waals surface area contributed by atoms with E-state index in [1.54, 1.807) is 12.3 Å². The van der Waals surface area contributed by atoms with Gasteiger partial charge in [-0.2, -0.15) is 0 Å². The van der Waals surface area contributed by atoms with Crippen LogP contribution in [0.15, 0.2) is 16.7 Å². The van der Waals surface area contributed by atoms with Crippen molar-refractivity contribution in [3.05, 3.63) is 22.3 Å². The van der Waals surface area contributed by atoms with Gasteiger partial charge < -0.3 is 19.3 Å². The van der Waals surface area contributed by atoms with E-state index in [1.807, 2.05) is 6.92 Å². The monoisotopic (exact) mass is 303 g/mol. The van der Waals surface area contributed by atoms with Crippen LogP contribution in [0.2, 0.25) is 0 Å². The van der Waals surface area contributed by atoms with Gasteiger partial charge in [0.25, 0.3) is 0 Å². The van der Waals surface area contributed by atoms with Gasteiger partial charge in [0.15, 0.2) is 5.79 Å². The van der Waals surface area contributed by atoms with E-state index in [1.165, 1.54) is 0 Å². The molecule has 0 saturated carbocycles. The normalized spacial score (nSPS) is 18.3. The highest BCUT2D eigenvalue weighted by Gasteiger charge is 2.35. The summed E-state index contributed by atoms with van der Waals surface area (Å²) < 4.78 is 17.2. The fourth-order valence-corrected chi connectivity index (χ4v) is 2.24. The number of halogens is 1. The van der Waals surface area contributed by atoms with Gasteiger partial charge in [0.1, 0.15) is 6.61 Å². The maximum absolute atomic E-state index is 8.70. The van der Waals surface area contributed by atoms with Gasteiger partial charge in [0.2, 0.25) is 5.88 Å². The van der Waals surface area contributed by atoms with Gasteiger partial charge in [-0.05, 0) is 22.9 Å². The first-order valence-corrected chi connectivity index (χ1v) is 6.12. The smallest absolute Gasteiger partial charge is 0.213 e. The molecule has 2 heterocycles. The number of hydrogen-bond acceptors (Lipinski definition) is 5. The third-order valence-electron chi connectivity index (χ3n) is 2.50. The topological polar surface area (TPSA) is 60.8 Å². The molecule has 1 fully saturated rings. The molecular formula is C11H14BrNO4. The van der Waals surface area contributed by atoms with Gasteiger partial charge >= 0.3 is 0 Å². The fraction of sp³-hybridized carbons (Fsp3) is 0.545. The van der Waals surface area contributed by atoms with Crippen LogP contribution in [0, 0.1) is 0 Å². The SMILES string of the molecule is CC1(c2cc(OCCO)ncc2Br)OCCO1. The molecule has 0 aromatic carbocycles. The maximum Gasteiger partial charge on any atom is 0.213 e. The predicted octanol–water partition coefficient (Wildman–Crippen LogP) is 1.43. The van der Waals surface area contributed by atoms with Gasteiger partial charge in [-0.15, -0.1) is 0 Å². The molecule has 1 N–H and O–H groups in total. The van der Waals surface area contributed by atoms with E-state index in [9.17, 15) is 0 Å². The molecule has 2 rings (SSSR count). The van der Waals surface area contributed by atoms with E-state index < -0.39 is 5.79 Å². The van der Waals surface area contributed by atoms with Crippen LogP contribution in [-0.4, -0.2) is 36.5 Å². The number of aromatic nitrogens is 1. The van der Waals surface area contributed by atoms with Crippen LogP contribution in [-0.2, 0) is 15.3 Å². The predicted molar refractivity (Wildman–Crippen MR) is 63.8 cm³/mol. The fourth-order valence-electron chi connectivity index (χ4n) is 1.67. The number of pyridine rings is 1. The summed E-state index contributed by atoms with van der Waals surface area (Å²) >= 11 is 3.42. The Morgan fingerprint density at radius 2 is 2.24 bits per heavy atom. The van der Waals surface area contributed by atoms with Gasteiger partial charge in [-0.1, -0.05) is 0 Å². The van der Waals surface area contributed by atoms with Crippen molar-refractivity contribution in [2.45, 2.75) is 12.7 Å². The molecule has 6 heteroatoms. The minimum absolute atomic E-state index is 0.0443. The van der Waals surface area contributed by atoms with Crippen molar-refractivity contribution in [1.29, 1.82) is 0 Å².